The van der Waals surface area contributed by atoms with Crippen LogP contribution in [0.2, 0.25) is 0 Å². The lowest BCUT2D eigenvalue weighted by atomic mass is 10.0. The number of aromatic nitrogens is 3. The summed E-state index contributed by atoms with van der Waals surface area (Å²) in [5.74, 6) is -3.51. The summed E-state index contributed by atoms with van der Waals surface area (Å²) in [4.78, 5) is 15.1. The van der Waals surface area contributed by atoms with Crippen molar-refractivity contribution >= 4 is 15.9 Å². The minimum atomic E-state index is -5.13. The van der Waals surface area contributed by atoms with E-state index in [0.29, 0.717) is 0 Å². The van der Waals surface area contributed by atoms with Crippen LogP contribution in [0, 0.1) is 0 Å². The molecule has 2 atom stereocenters. The van der Waals surface area contributed by atoms with Gasteiger partial charge in [0.15, 0.2) is 0 Å². The van der Waals surface area contributed by atoms with E-state index in [1.807, 2.05) is 5.32 Å². The van der Waals surface area contributed by atoms with Gasteiger partial charge in [-0.15, -0.1) is 10.2 Å². The highest BCUT2D eigenvalue weighted by Crippen LogP contribution is 2.35. The van der Waals surface area contributed by atoms with Crippen molar-refractivity contribution < 1.29 is 44.3 Å². The Kier molecular flexibility index (Phi) is 5.62. The number of ether oxygens (including phenoxy) is 1. The Balaban J connectivity index is 1.62. The average Bonchev–Trinajstić information content (AvgIpc) is 3.31. The number of hydrogen-bond donors (Lipinski definition) is 1. The number of pyridine rings is 1. The number of sulfonamides is 1. The molecule has 2 aliphatic rings. The second-order valence-electron chi connectivity index (χ2n) is 6.97. The molecule has 2 aliphatic heterocycles. The first-order valence-corrected chi connectivity index (χ1v) is 10.5. The predicted molar refractivity (Wildman–Crippen MR) is 92.4 cm³/mol. The normalized spacial score (nSPS) is 23.3. The van der Waals surface area contributed by atoms with Gasteiger partial charge in [0.05, 0.1) is 36.5 Å². The molecule has 0 radical (unpaired) electrons. The molecule has 16 heteroatoms. The van der Waals surface area contributed by atoms with Crippen LogP contribution in [-0.2, 0) is 26.1 Å². The van der Waals surface area contributed by atoms with Crippen molar-refractivity contribution in [3.63, 3.8) is 0 Å². The second kappa shape index (κ2) is 8.00. The van der Waals surface area contributed by atoms with Gasteiger partial charge in [0.2, 0.25) is 15.9 Å². The predicted octanol–water partition coefficient (Wildman–Crippen LogP) is 1.41. The van der Waals surface area contributed by atoms with Crippen molar-refractivity contribution in [2.75, 3.05) is 13.2 Å². The molecule has 2 aromatic heterocycles. The Labute approximate surface area is 176 Å². The molecule has 2 aromatic rings. The molecule has 1 saturated heterocycles. The third-order valence-electron chi connectivity index (χ3n) is 4.97. The molecule has 1 amide bonds. The lowest BCUT2D eigenvalue weighted by Crippen LogP contribution is -2.58. The Morgan fingerprint density at radius 3 is 2.69 bits per heavy atom. The van der Waals surface area contributed by atoms with E-state index in [0.717, 1.165) is 16.6 Å². The maximum absolute atomic E-state index is 13.1. The van der Waals surface area contributed by atoms with Gasteiger partial charge in [-0.1, -0.05) is 0 Å². The third kappa shape index (κ3) is 4.04. The molecule has 4 rings (SSSR count). The second-order valence-corrected chi connectivity index (χ2v) is 8.83. The summed E-state index contributed by atoms with van der Waals surface area (Å²) in [6.07, 6.45) is -7.03. The summed E-state index contributed by atoms with van der Waals surface area (Å²) < 4.78 is 101. The van der Waals surface area contributed by atoms with Crippen LogP contribution in [0.25, 0.3) is 11.5 Å². The first kappa shape index (κ1) is 22.5. The van der Waals surface area contributed by atoms with E-state index in [1.54, 1.807) is 0 Å². The van der Waals surface area contributed by atoms with Crippen LogP contribution in [0.1, 0.15) is 24.4 Å². The average molecular weight is 483 g/mol. The van der Waals surface area contributed by atoms with Gasteiger partial charge >= 0.3 is 18.5 Å². The number of fused-ring (bicyclic) bond motifs is 1. The van der Waals surface area contributed by atoms with Gasteiger partial charge in [0, 0.05) is 12.8 Å². The number of amides is 1. The topological polar surface area (TPSA) is 128 Å². The number of nitrogens with one attached hydrogen (secondary N) is 1. The highest BCUT2D eigenvalue weighted by Gasteiger charge is 2.47. The summed E-state index contributed by atoms with van der Waals surface area (Å²) >= 11 is 0. The van der Waals surface area contributed by atoms with Gasteiger partial charge in [0.1, 0.15) is 4.90 Å². The fourth-order valence-corrected chi connectivity index (χ4v) is 5.25. The molecule has 174 valence electrons. The molecule has 0 aliphatic carbocycles. The number of carbonyl (C=O) groups is 1. The van der Waals surface area contributed by atoms with E-state index < -0.39 is 46.5 Å². The van der Waals surface area contributed by atoms with Crippen molar-refractivity contribution in [1.82, 2.24) is 24.8 Å². The largest absolute Gasteiger partial charge is 0.471 e. The van der Waals surface area contributed by atoms with Crippen LogP contribution in [0.3, 0.4) is 0 Å². The Hall–Kier alpha value is -2.72. The van der Waals surface area contributed by atoms with Crippen molar-refractivity contribution in [2.45, 2.75) is 42.5 Å². The van der Waals surface area contributed by atoms with Crippen LogP contribution in [0.5, 0.6) is 0 Å². The van der Waals surface area contributed by atoms with Gasteiger partial charge < -0.3 is 14.5 Å². The molecule has 32 heavy (non-hydrogen) atoms. The summed E-state index contributed by atoms with van der Waals surface area (Å²) in [6.45, 7) is -0.493. The molecule has 1 N–H and O–H groups in total. The standard InChI is InChI=1S/C16H14F5N5O5S/c17-12(18)14-25-24-13(31-14)7-3-11-9(22-4-7)5-26(32(11,28)29)10-6-30-2-1-8(10)23-15(27)16(19,20)21/h3-4,8,10,12H,1-2,5-6H2,(H,23,27)/t8-,10-/m1/s1. The molecule has 0 saturated carbocycles. The fraction of sp³-hybridized carbons (Fsp3) is 0.500. The first-order valence-electron chi connectivity index (χ1n) is 9.06. The first-order chi connectivity index (χ1) is 15.0. The summed E-state index contributed by atoms with van der Waals surface area (Å²) in [5.41, 5.74) is 0.0456. The monoisotopic (exact) mass is 483 g/mol. The fourth-order valence-electron chi connectivity index (χ4n) is 3.45. The summed E-state index contributed by atoms with van der Waals surface area (Å²) in [7, 11) is -4.27. The highest BCUT2D eigenvalue weighted by molar-refractivity contribution is 7.89. The summed E-state index contributed by atoms with van der Waals surface area (Å²) in [5, 5.41) is 8.43. The molecule has 0 aromatic carbocycles. The Morgan fingerprint density at radius 1 is 1.28 bits per heavy atom. The van der Waals surface area contributed by atoms with E-state index in [2.05, 4.69) is 15.2 Å². The van der Waals surface area contributed by atoms with E-state index in [-0.39, 0.29) is 48.2 Å². The number of halogens is 5. The minimum absolute atomic E-state index is 0.0320. The van der Waals surface area contributed by atoms with E-state index in [4.69, 9.17) is 9.15 Å². The zero-order valence-corrected chi connectivity index (χ0v) is 16.7. The Morgan fingerprint density at radius 2 is 2.03 bits per heavy atom. The minimum Gasteiger partial charge on any atom is -0.415 e. The molecule has 0 unspecified atom stereocenters. The lowest BCUT2D eigenvalue weighted by molar-refractivity contribution is -0.175. The maximum Gasteiger partial charge on any atom is 0.471 e. The van der Waals surface area contributed by atoms with Crippen molar-refractivity contribution in [3.8, 4) is 11.5 Å². The SMILES string of the molecule is O=C(N[C@@H]1CCOC[C@H]1N1Cc2ncc(-c3nnc(C(F)F)o3)cc2S1(=O)=O)C(F)(F)F. The van der Waals surface area contributed by atoms with E-state index >= 15 is 0 Å². The molecule has 0 bridgehead atoms. The van der Waals surface area contributed by atoms with E-state index in [1.165, 1.54) is 0 Å². The van der Waals surface area contributed by atoms with Gasteiger partial charge in [0.25, 0.3) is 5.89 Å². The zero-order valence-electron chi connectivity index (χ0n) is 15.8. The van der Waals surface area contributed by atoms with Crippen molar-refractivity contribution in [3.05, 3.63) is 23.8 Å². The molecular weight excluding hydrogens is 469 g/mol. The number of rotatable bonds is 4. The Bertz CT molecular complexity index is 1140. The van der Waals surface area contributed by atoms with Crippen LogP contribution in [-0.4, -0.2) is 65.3 Å². The van der Waals surface area contributed by atoms with Gasteiger partial charge in [-0.25, -0.2) is 8.42 Å². The lowest BCUT2D eigenvalue weighted by Gasteiger charge is -2.36. The van der Waals surface area contributed by atoms with Gasteiger partial charge in [-0.05, 0) is 12.5 Å². The maximum atomic E-state index is 13.1. The smallest absolute Gasteiger partial charge is 0.415 e. The van der Waals surface area contributed by atoms with Crippen LogP contribution >= 0.6 is 0 Å². The van der Waals surface area contributed by atoms with Gasteiger partial charge in [-0.2, -0.15) is 26.3 Å². The molecule has 0 spiro atoms. The van der Waals surface area contributed by atoms with Crippen molar-refractivity contribution in [1.29, 1.82) is 0 Å². The van der Waals surface area contributed by atoms with E-state index in [9.17, 15) is 35.2 Å². The molecule has 10 nitrogen and oxygen atoms in total. The molecule has 1 fully saturated rings. The number of hydrogen-bond acceptors (Lipinski definition) is 8. The number of alkyl halides is 5. The number of nitrogens with zero attached hydrogens (tertiary/aromatic N) is 4. The van der Waals surface area contributed by atoms with Gasteiger partial charge in [-0.3, -0.25) is 9.78 Å². The zero-order chi connectivity index (χ0) is 23.3. The third-order valence-corrected chi connectivity index (χ3v) is 6.89. The van der Waals surface area contributed by atoms with Crippen LogP contribution in [0.4, 0.5) is 22.0 Å². The molecular formula is C16H14F5N5O5S. The number of carbonyl (C=O) groups excluding carboxylic acids is 1. The molecule has 4 heterocycles. The summed E-state index contributed by atoms with van der Waals surface area (Å²) in [6, 6.07) is -1.16. The quantitative estimate of drug-likeness (QED) is 0.647. The van der Waals surface area contributed by atoms with Crippen molar-refractivity contribution in [2.24, 2.45) is 0 Å². The van der Waals surface area contributed by atoms with Crippen LogP contribution in [0.15, 0.2) is 21.6 Å². The van der Waals surface area contributed by atoms with Crippen LogP contribution < -0.4 is 5.32 Å². The highest BCUT2D eigenvalue weighted by atomic mass is 32.2.